The van der Waals surface area contributed by atoms with Crippen LogP contribution in [0, 0.1) is 5.82 Å². The molecule has 1 heterocycles. The molecule has 3 aromatic carbocycles. The predicted molar refractivity (Wildman–Crippen MR) is 132 cm³/mol. The Morgan fingerprint density at radius 2 is 1.67 bits per heavy atom. The van der Waals surface area contributed by atoms with Gasteiger partial charge in [-0.2, -0.15) is 0 Å². The standard InChI is InChI=1S/C28H27FN2O5/c29-20-4-3-7-22(17-20)31(28(34)19-10-13-24-25(16-19)36-15-14-35-24)26(18-8-11-23(32)12-9-18)27(33)30-21-5-1-2-6-21/h3-4,7-13,16-17,21,26,32H,1-2,5-6,14-15H2,(H,30,33)/t26-/m1/s1. The van der Waals surface area contributed by atoms with Crippen molar-refractivity contribution in [3.63, 3.8) is 0 Å². The first-order valence-electron chi connectivity index (χ1n) is 12.1. The fraction of sp³-hybridized carbons (Fsp3) is 0.286. The molecule has 0 saturated heterocycles. The second-order valence-electron chi connectivity index (χ2n) is 9.00. The summed E-state index contributed by atoms with van der Waals surface area (Å²) in [6, 6.07) is 15.5. The molecule has 2 amide bonds. The molecule has 3 aromatic rings. The molecule has 0 bridgehead atoms. The lowest BCUT2D eigenvalue weighted by molar-refractivity contribution is -0.123. The topological polar surface area (TPSA) is 88.1 Å². The van der Waals surface area contributed by atoms with Crippen molar-refractivity contribution in [3.8, 4) is 17.2 Å². The average Bonchev–Trinajstić information content (AvgIpc) is 3.40. The zero-order valence-corrected chi connectivity index (χ0v) is 19.7. The van der Waals surface area contributed by atoms with Gasteiger partial charge in [0.05, 0.1) is 0 Å². The molecule has 0 spiro atoms. The summed E-state index contributed by atoms with van der Waals surface area (Å²) in [5, 5.41) is 12.9. The minimum Gasteiger partial charge on any atom is -0.508 e. The Morgan fingerprint density at radius 1 is 0.944 bits per heavy atom. The number of phenolic OH excluding ortho intramolecular Hbond substituents is 1. The molecule has 0 unspecified atom stereocenters. The predicted octanol–water partition coefficient (Wildman–Crippen LogP) is 4.75. The van der Waals surface area contributed by atoms with Gasteiger partial charge in [0.25, 0.3) is 5.91 Å². The summed E-state index contributed by atoms with van der Waals surface area (Å²) in [5.41, 5.74) is 0.981. The second-order valence-corrected chi connectivity index (χ2v) is 9.00. The SMILES string of the molecule is O=C(NC1CCCC1)[C@@H](c1ccc(O)cc1)N(C(=O)c1ccc2c(c1)OCCO2)c1cccc(F)c1. The van der Waals surface area contributed by atoms with E-state index in [1.54, 1.807) is 36.4 Å². The lowest BCUT2D eigenvalue weighted by atomic mass is 10.0. The minimum absolute atomic E-state index is 0.0101. The van der Waals surface area contributed by atoms with Gasteiger partial charge in [-0.15, -0.1) is 0 Å². The van der Waals surface area contributed by atoms with Gasteiger partial charge in [0, 0.05) is 17.3 Å². The Bertz CT molecular complexity index is 1260. The summed E-state index contributed by atoms with van der Waals surface area (Å²) < 4.78 is 25.6. The molecule has 1 aliphatic carbocycles. The number of rotatable bonds is 6. The number of nitrogens with zero attached hydrogens (tertiary/aromatic N) is 1. The van der Waals surface area contributed by atoms with E-state index in [2.05, 4.69) is 5.32 Å². The smallest absolute Gasteiger partial charge is 0.259 e. The first-order chi connectivity index (χ1) is 17.5. The molecule has 1 aliphatic heterocycles. The molecule has 1 atom stereocenters. The molecule has 0 radical (unpaired) electrons. The van der Waals surface area contributed by atoms with Gasteiger partial charge in [-0.1, -0.05) is 31.0 Å². The molecule has 1 fully saturated rings. The number of aromatic hydroxyl groups is 1. The molecule has 1 saturated carbocycles. The molecule has 8 heteroatoms. The maximum Gasteiger partial charge on any atom is 0.259 e. The molecule has 36 heavy (non-hydrogen) atoms. The Kier molecular flexibility index (Phi) is 6.75. The van der Waals surface area contributed by atoms with Crippen LogP contribution >= 0.6 is 0 Å². The van der Waals surface area contributed by atoms with Crippen LogP contribution in [-0.4, -0.2) is 36.2 Å². The highest BCUT2D eigenvalue weighted by Crippen LogP contribution is 2.35. The van der Waals surface area contributed by atoms with E-state index in [9.17, 15) is 19.1 Å². The van der Waals surface area contributed by atoms with E-state index < -0.39 is 17.8 Å². The number of nitrogens with one attached hydrogen (secondary N) is 1. The number of halogens is 1. The summed E-state index contributed by atoms with van der Waals surface area (Å²) >= 11 is 0. The van der Waals surface area contributed by atoms with Gasteiger partial charge in [0.1, 0.15) is 30.8 Å². The quantitative estimate of drug-likeness (QED) is 0.521. The van der Waals surface area contributed by atoms with E-state index in [-0.39, 0.29) is 28.9 Å². The van der Waals surface area contributed by atoms with Crippen LogP contribution in [0.4, 0.5) is 10.1 Å². The summed E-state index contributed by atoms with van der Waals surface area (Å²) in [5.74, 6) is -0.413. The number of benzene rings is 3. The molecular weight excluding hydrogens is 463 g/mol. The van der Waals surface area contributed by atoms with Crippen LogP contribution in [0.1, 0.15) is 47.6 Å². The fourth-order valence-electron chi connectivity index (χ4n) is 4.75. The molecule has 5 rings (SSSR count). The summed E-state index contributed by atoms with van der Waals surface area (Å²) in [4.78, 5) is 29.1. The van der Waals surface area contributed by atoms with Crippen LogP contribution in [0.15, 0.2) is 66.7 Å². The minimum atomic E-state index is -1.10. The highest BCUT2D eigenvalue weighted by Gasteiger charge is 2.35. The Hall–Kier alpha value is -4.07. The van der Waals surface area contributed by atoms with Crippen LogP contribution in [0.2, 0.25) is 0 Å². The van der Waals surface area contributed by atoms with Crippen molar-refractivity contribution in [1.82, 2.24) is 5.32 Å². The third-order valence-corrected chi connectivity index (χ3v) is 6.51. The lowest BCUT2D eigenvalue weighted by Gasteiger charge is -2.32. The molecule has 2 aliphatic rings. The Balaban J connectivity index is 1.60. The number of amides is 2. The number of fused-ring (bicyclic) bond motifs is 1. The van der Waals surface area contributed by atoms with Crippen molar-refractivity contribution >= 4 is 17.5 Å². The first kappa shape index (κ1) is 23.7. The van der Waals surface area contributed by atoms with Gasteiger partial charge >= 0.3 is 0 Å². The normalized spacial score (nSPS) is 15.8. The van der Waals surface area contributed by atoms with Gasteiger partial charge in [-0.05, 0) is 66.9 Å². The van der Waals surface area contributed by atoms with Crippen LogP contribution in [0.5, 0.6) is 17.2 Å². The monoisotopic (exact) mass is 490 g/mol. The number of carbonyl (C=O) groups excluding carboxylic acids is 2. The molecule has 186 valence electrons. The van der Waals surface area contributed by atoms with Gasteiger partial charge in [-0.3, -0.25) is 14.5 Å². The summed E-state index contributed by atoms with van der Waals surface area (Å²) in [6.07, 6.45) is 3.78. The number of phenols is 1. The summed E-state index contributed by atoms with van der Waals surface area (Å²) in [7, 11) is 0. The highest BCUT2D eigenvalue weighted by molar-refractivity contribution is 6.10. The number of anilines is 1. The first-order valence-corrected chi connectivity index (χ1v) is 12.1. The zero-order chi connectivity index (χ0) is 25.1. The van der Waals surface area contributed by atoms with Crippen LogP contribution in [0.3, 0.4) is 0 Å². The van der Waals surface area contributed by atoms with Gasteiger partial charge in [0.2, 0.25) is 5.91 Å². The van der Waals surface area contributed by atoms with Crippen molar-refractivity contribution in [2.45, 2.75) is 37.8 Å². The Labute approximate surface area is 208 Å². The van der Waals surface area contributed by atoms with Crippen molar-refractivity contribution < 1.29 is 28.6 Å². The van der Waals surface area contributed by atoms with Crippen molar-refractivity contribution in [2.24, 2.45) is 0 Å². The van der Waals surface area contributed by atoms with E-state index >= 15 is 0 Å². The average molecular weight is 491 g/mol. The van der Waals surface area contributed by atoms with Crippen molar-refractivity contribution in [2.75, 3.05) is 18.1 Å². The third kappa shape index (κ3) is 4.98. The maximum atomic E-state index is 14.4. The Morgan fingerprint density at radius 3 is 2.39 bits per heavy atom. The molecule has 7 nitrogen and oxygen atoms in total. The van der Waals surface area contributed by atoms with E-state index in [4.69, 9.17) is 9.47 Å². The number of hydrogen-bond acceptors (Lipinski definition) is 5. The maximum absolute atomic E-state index is 14.4. The van der Waals surface area contributed by atoms with Gasteiger partial charge in [-0.25, -0.2) is 4.39 Å². The largest absolute Gasteiger partial charge is 0.508 e. The van der Waals surface area contributed by atoms with Crippen LogP contribution < -0.4 is 19.7 Å². The number of hydrogen-bond donors (Lipinski definition) is 2. The number of carbonyl (C=O) groups is 2. The number of ether oxygens (including phenoxy) is 2. The fourth-order valence-corrected chi connectivity index (χ4v) is 4.75. The van der Waals surface area contributed by atoms with E-state index in [0.29, 0.717) is 30.3 Å². The van der Waals surface area contributed by atoms with Crippen molar-refractivity contribution in [1.29, 1.82) is 0 Å². The highest BCUT2D eigenvalue weighted by atomic mass is 19.1. The summed E-state index contributed by atoms with van der Waals surface area (Å²) in [6.45, 7) is 0.776. The zero-order valence-electron chi connectivity index (χ0n) is 19.7. The van der Waals surface area contributed by atoms with Gasteiger partial charge < -0.3 is 19.9 Å². The molecule has 0 aromatic heterocycles. The van der Waals surface area contributed by atoms with E-state index in [0.717, 1.165) is 25.7 Å². The second kappa shape index (κ2) is 10.3. The molecule has 2 N–H and O–H groups in total. The lowest BCUT2D eigenvalue weighted by Crippen LogP contribution is -2.46. The van der Waals surface area contributed by atoms with Crippen molar-refractivity contribution in [3.05, 3.63) is 83.7 Å². The molecular formula is C28H27FN2O5. The van der Waals surface area contributed by atoms with Crippen LogP contribution in [-0.2, 0) is 4.79 Å². The van der Waals surface area contributed by atoms with E-state index in [1.165, 1.54) is 35.2 Å². The van der Waals surface area contributed by atoms with Gasteiger partial charge in [0.15, 0.2) is 11.5 Å². The third-order valence-electron chi connectivity index (χ3n) is 6.51. The van der Waals surface area contributed by atoms with Crippen LogP contribution in [0.25, 0.3) is 0 Å². The van der Waals surface area contributed by atoms with E-state index in [1.807, 2.05) is 0 Å².